The Morgan fingerprint density at radius 3 is 2.31 bits per heavy atom. The van der Waals surface area contributed by atoms with Crippen LogP contribution in [0.4, 0.5) is 0 Å². The highest BCUT2D eigenvalue weighted by atomic mass is 16.4. The summed E-state index contributed by atoms with van der Waals surface area (Å²) in [5.74, 6) is 0.0215. The maximum absolute atomic E-state index is 11.2. The van der Waals surface area contributed by atoms with E-state index in [1.807, 2.05) is 0 Å². The predicted molar refractivity (Wildman–Crippen MR) is 63.8 cm³/mol. The van der Waals surface area contributed by atoms with Crippen molar-refractivity contribution in [2.75, 3.05) is 0 Å². The second kappa shape index (κ2) is 4.08. The highest BCUT2D eigenvalue weighted by Crippen LogP contribution is 2.15. The number of hydrogen-bond acceptors (Lipinski definition) is 3. The van der Waals surface area contributed by atoms with Crippen molar-refractivity contribution in [3.8, 4) is 0 Å². The minimum Gasteiger partial charge on any atom is -0.423 e. The molecule has 4 heteroatoms. The summed E-state index contributed by atoms with van der Waals surface area (Å²) in [6, 6.07) is 10.4. The van der Waals surface area contributed by atoms with Crippen LogP contribution in [-0.4, -0.2) is 22.9 Å². The summed E-state index contributed by atoms with van der Waals surface area (Å²) in [6.07, 6.45) is 0. The van der Waals surface area contributed by atoms with Gasteiger partial charge in [-0.2, -0.15) is 0 Å². The lowest BCUT2D eigenvalue weighted by Gasteiger charge is -2.04. The largest absolute Gasteiger partial charge is 0.488 e. The first-order chi connectivity index (χ1) is 7.58. The molecule has 0 aromatic heterocycles. The third kappa shape index (κ3) is 1.98. The number of carbonyl (C=O) groups is 1. The second-order valence-electron chi connectivity index (χ2n) is 3.75. The molecule has 3 nitrogen and oxygen atoms in total. The van der Waals surface area contributed by atoms with E-state index in [9.17, 15) is 4.79 Å². The number of benzene rings is 2. The lowest BCUT2D eigenvalue weighted by molar-refractivity contribution is 0.101. The summed E-state index contributed by atoms with van der Waals surface area (Å²) in [4.78, 5) is 11.2. The van der Waals surface area contributed by atoms with Gasteiger partial charge in [-0.3, -0.25) is 4.79 Å². The molecule has 0 atom stereocenters. The van der Waals surface area contributed by atoms with Crippen molar-refractivity contribution < 1.29 is 14.8 Å². The van der Waals surface area contributed by atoms with Crippen LogP contribution in [0.3, 0.4) is 0 Å². The molecule has 0 heterocycles. The Labute approximate surface area is 93.5 Å². The maximum Gasteiger partial charge on any atom is 0.488 e. The van der Waals surface area contributed by atoms with Crippen LogP contribution in [0.1, 0.15) is 17.3 Å². The monoisotopic (exact) mass is 214 g/mol. The lowest BCUT2D eigenvalue weighted by atomic mass is 9.79. The van der Waals surface area contributed by atoms with Crippen LogP contribution in [0.2, 0.25) is 0 Å². The smallest absolute Gasteiger partial charge is 0.423 e. The second-order valence-corrected chi connectivity index (χ2v) is 3.75. The molecule has 0 aliphatic rings. The van der Waals surface area contributed by atoms with Gasteiger partial charge in [0.05, 0.1) is 0 Å². The first-order valence-electron chi connectivity index (χ1n) is 4.99. The van der Waals surface area contributed by atoms with Gasteiger partial charge in [-0.15, -0.1) is 0 Å². The average Bonchev–Trinajstić information content (AvgIpc) is 2.27. The molecule has 0 saturated carbocycles. The van der Waals surface area contributed by atoms with E-state index in [-0.39, 0.29) is 5.78 Å². The van der Waals surface area contributed by atoms with Crippen LogP contribution >= 0.6 is 0 Å². The molecule has 0 fully saturated rings. The van der Waals surface area contributed by atoms with Gasteiger partial charge in [-0.25, -0.2) is 0 Å². The molecule has 2 N–H and O–H groups in total. The molecule has 80 valence electrons. The van der Waals surface area contributed by atoms with E-state index in [2.05, 4.69) is 0 Å². The van der Waals surface area contributed by atoms with Gasteiger partial charge < -0.3 is 10.0 Å². The summed E-state index contributed by atoms with van der Waals surface area (Å²) in [7, 11) is -1.46. The Hall–Kier alpha value is -1.65. The number of ketones is 1. The summed E-state index contributed by atoms with van der Waals surface area (Å²) < 4.78 is 0. The molecule has 0 saturated heterocycles. The zero-order valence-corrected chi connectivity index (χ0v) is 8.84. The van der Waals surface area contributed by atoms with Crippen molar-refractivity contribution in [3.63, 3.8) is 0 Å². The van der Waals surface area contributed by atoms with Crippen LogP contribution in [-0.2, 0) is 0 Å². The SMILES string of the molecule is CC(=O)c1ccc2cc(B(O)O)ccc2c1. The molecule has 0 bridgehead atoms. The number of fused-ring (bicyclic) bond motifs is 1. The van der Waals surface area contributed by atoms with Crippen LogP contribution in [0.25, 0.3) is 10.8 Å². The zero-order chi connectivity index (χ0) is 11.7. The van der Waals surface area contributed by atoms with Gasteiger partial charge in [0.1, 0.15) is 0 Å². The Morgan fingerprint density at radius 2 is 1.69 bits per heavy atom. The van der Waals surface area contributed by atoms with E-state index in [1.165, 1.54) is 6.92 Å². The fourth-order valence-electron chi connectivity index (χ4n) is 1.64. The van der Waals surface area contributed by atoms with Crippen LogP contribution in [0.5, 0.6) is 0 Å². The van der Waals surface area contributed by atoms with Gasteiger partial charge in [-0.05, 0) is 29.2 Å². The molecule has 16 heavy (non-hydrogen) atoms. The molecule has 0 aliphatic carbocycles. The number of Topliss-reactive ketones (excluding diaryl/α,β-unsaturated/α-hetero) is 1. The summed E-state index contributed by atoms with van der Waals surface area (Å²) in [5, 5.41) is 19.9. The number of rotatable bonds is 2. The normalized spacial score (nSPS) is 10.4. The first-order valence-corrected chi connectivity index (χ1v) is 4.99. The standard InChI is InChI=1S/C12H11BO3/c1-8(14)9-2-3-11-7-12(13(15)16)5-4-10(11)6-9/h2-7,15-16H,1H3. The summed E-state index contributed by atoms with van der Waals surface area (Å²) in [5.41, 5.74) is 1.10. The van der Waals surface area contributed by atoms with E-state index in [1.54, 1.807) is 36.4 Å². The van der Waals surface area contributed by atoms with Gasteiger partial charge in [0.2, 0.25) is 0 Å². The molecule has 0 unspecified atom stereocenters. The first kappa shape index (κ1) is 10.9. The molecule has 0 radical (unpaired) electrons. The Balaban J connectivity index is 2.57. The van der Waals surface area contributed by atoms with Crippen LogP contribution in [0, 0.1) is 0 Å². The van der Waals surface area contributed by atoms with E-state index in [0.717, 1.165) is 10.8 Å². The van der Waals surface area contributed by atoms with Crippen molar-refractivity contribution in [3.05, 3.63) is 42.0 Å². The molecule has 2 aromatic rings. The maximum atomic E-state index is 11.2. The van der Waals surface area contributed by atoms with Gasteiger partial charge in [0, 0.05) is 5.56 Å². The van der Waals surface area contributed by atoms with Crippen molar-refractivity contribution in [1.29, 1.82) is 0 Å². The van der Waals surface area contributed by atoms with Gasteiger partial charge >= 0.3 is 7.12 Å². The number of carbonyl (C=O) groups excluding carboxylic acids is 1. The van der Waals surface area contributed by atoms with E-state index < -0.39 is 7.12 Å². The van der Waals surface area contributed by atoms with Crippen molar-refractivity contribution in [2.24, 2.45) is 0 Å². The fraction of sp³-hybridized carbons (Fsp3) is 0.0833. The molecular weight excluding hydrogens is 203 g/mol. The van der Waals surface area contributed by atoms with Gasteiger partial charge in [-0.1, -0.05) is 30.3 Å². The molecular formula is C12H11BO3. The fourth-order valence-corrected chi connectivity index (χ4v) is 1.64. The van der Waals surface area contributed by atoms with E-state index in [0.29, 0.717) is 11.0 Å². The predicted octanol–water partition coefficient (Wildman–Crippen LogP) is 0.722. The molecule has 2 rings (SSSR count). The molecule has 2 aromatic carbocycles. The topological polar surface area (TPSA) is 57.5 Å². The van der Waals surface area contributed by atoms with Crippen molar-refractivity contribution >= 4 is 29.1 Å². The Bertz CT molecular complexity index is 549. The summed E-state index contributed by atoms with van der Waals surface area (Å²) >= 11 is 0. The van der Waals surface area contributed by atoms with Crippen molar-refractivity contribution in [1.82, 2.24) is 0 Å². The quantitative estimate of drug-likeness (QED) is 0.572. The highest BCUT2D eigenvalue weighted by molar-refractivity contribution is 6.58. The van der Waals surface area contributed by atoms with Gasteiger partial charge in [0.15, 0.2) is 5.78 Å². The summed E-state index contributed by atoms with van der Waals surface area (Å²) in [6.45, 7) is 1.52. The minimum atomic E-state index is -1.46. The third-order valence-electron chi connectivity index (χ3n) is 2.57. The Kier molecular flexibility index (Phi) is 2.77. The van der Waals surface area contributed by atoms with Crippen molar-refractivity contribution in [2.45, 2.75) is 6.92 Å². The molecule has 0 spiro atoms. The molecule has 0 amide bonds. The van der Waals surface area contributed by atoms with Crippen LogP contribution in [0.15, 0.2) is 36.4 Å². The minimum absolute atomic E-state index is 0.0215. The lowest BCUT2D eigenvalue weighted by Crippen LogP contribution is -2.29. The highest BCUT2D eigenvalue weighted by Gasteiger charge is 2.11. The zero-order valence-electron chi connectivity index (χ0n) is 8.84. The average molecular weight is 214 g/mol. The van der Waals surface area contributed by atoms with E-state index >= 15 is 0 Å². The van der Waals surface area contributed by atoms with Crippen LogP contribution < -0.4 is 5.46 Å². The van der Waals surface area contributed by atoms with E-state index in [4.69, 9.17) is 10.0 Å². The number of hydrogen-bond donors (Lipinski definition) is 2. The molecule has 0 aliphatic heterocycles. The van der Waals surface area contributed by atoms with Gasteiger partial charge in [0.25, 0.3) is 0 Å². The third-order valence-corrected chi connectivity index (χ3v) is 2.57. The Morgan fingerprint density at radius 1 is 1.06 bits per heavy atom.